The van der Waals surface area contributed by atoms with E-state index in [1.54, 1.807) is 18.0 Å². The van der Waals surface area contributed by atoms with Crippen LogP contribution < -0.4 is 9.64 Å². The van der Waals surface area contributed by atoms with E-state index in [2.05, 4.69) is 30.1 Å². The molecule has 1 aromatic heterocycles. The highest BCUT2D eigenvalue weighted by Crippen LogP contribution is 2.28. The van der Waals surface area contributed by atoms with Crippen LogP contribution in [-0.2, 0) is 17.8 Å². The van der Waals surface area contributed by atoms with Gasteiger partial charge in [-0.2, -0.15) is 0 Å². The van der Waals surface area contributed by atoms with Gasteiger partial charge in [0.1, 0.15) is 5.75 Å². The molecule has 0 aliphatic carbocycles. The number of anilines is 1. The predicted octanol–water partition coefficient (Wildman–Crippen LogP) is 9.96. The molecule has 0 fully saturated rings. The summed E-state index contributed by atoms with van der Waals surface area (Å²) in [6, 6.07) is 18.0. The number of hydrogen-bond acceptors (Lipinski definition) is 3. The molecule has 0 bridgehead atoms. The zero-order valence-electron chi connectivity index (χ0n) is 24.5. The third-order valence-corrected chi connectivity index (χ3v) is 7.65. The molecule has 0 saturated carbocycles. The maximum Gasteiger partial charge on any atom is 0.224 e. The van der Waals surface area contributed by atoms with E-state index in [0.29, 0.717) is 23.9 Å². The molecule has 5 heteroatoms. The van der Waals surface area contributed by atoms with Crippen LogP contribution in [0.4, 0.5) is 5.69 Å². The molecule has 1 amide bonds. The van der Waals surface area contributed by atoms with Gasteiger partial charge in [-0.05, 0) is 59.9 Å². The van der Waals surface area contributed by atoms with Crippen molar-refractivity contribution in [1.82, 2.24) is 4.98 Å². The van der Waals surface area contributed by atoms with Gasteiger partial charge in [0.25, 0.3) is 0 Å². The molecular weight excluding hydrogens is 516 g/mol. The van der Waals surface area contributed by atoms with Crippen molar-refractivity contribution in [2.75, 3.05) is 11.5 Å². The van der Waals surface area contributed by atoms with Crippen LogP contribution >= 0.6 is 11.6 Å². The fourth-order valence-electron chi connectivity index (χ4n) is 4.98. The standard InChI is InChI=1S/C35H47ClN2O2/c1-3-4-5-6-7-8-9-10-11-12-13-14-24-40-35-22-19-32(26-34(35)36)28-38(29(2)39)33-20-17-30(18-21-33)25-31-16-15-23-37-27-31/h15-23,26-27H,3-14,24-25,28H2,1-2H3. The number of rotatable bonds is 19. The Morgan fingerprint density at radius 3 is 2.00 bits per heavy atom. The lowest BCUT2D eigenvalue weighted by atomic mass is 10.1. The van der Waals surface area contributed by atoms with Gasteiger partial charge in [-0.1, -0.05) is 113 Å². The Kier molecular flexibility index (Phi) is 14.6. The topological polar surface area (TPSA) is 42.4 Å². The highest BCUT2D eigenvalue weighted by Gasteiger charge is 2.14. The summed E-state index contributed by atoms with van der Waals surface area (Å²) in [4.78, 5) is 18.4. The van der Waals surface area contributed by atoms with Gasteiger partial charge in [0.2, 0.25) is 5.91 Å². The summed E-state index contributed by atoms with van der Waals surface area (Å²) in [7, 11) is 0. The fraction of sp³-hybridized carbons (Fsp3) is 0.486. The van der Waals surface area contributed by atoms with Gasteiger partial charge in [0.15, 0.2) is 0 Å². The lowest BCUT2D eigenvalue weighted by Crippen LogP contribution is -2.27. The first-order chi connectivity index (χ1) is 19.6. The average Bonchev–Trinajstić information content (AvgIpc) is 2.96. The van der Waals surface area contributed by atoms with Crippen LogP contribution in [0.3, 0.4) is 0 Å². The molecule has 0 aliphatic heterocycles. The van der Waals surface area contributed by atoms with Crippen molar-refractivity contribution in [2.45, 2.75) is 104 Å². The second-order valence-electron chi connectivity index (χ2n) is 10.8. The van der Waals surface area contributed by atoms with Crippen LogP contribution in [0.15, 0.2) is 67.0 Å². The van der Waals surface area contributed by atoms with Crippen molar-refractivity contribution in [1.29, 1.82) is 0 Å². The van der Waals surface area contributed by atoms with Crippen LogP contribution in [0.25, 0.3) is 0 Å². The number of pyridine rings is 1. The third kappa shape index (κ3) is 11.7. The minimum atomic E-state index is -0.0107. The number of benzene rings is 2. The molecule has 1 heterocycles. The molecular formula is C35H47ClN2O2. The Morgan fingerprint density at radius 1 is 0.800 bits per heavy atom. The quantitative estimate of drug-likeness (QED) is 0.136. The molecule has 4 nitrogen and oxygen atoms in total. The molecule has 0 saturated heterocycles. The van der Waals surface area contributed by atoms with E-state index in [1.807, 2.05) is 42.6 Å². The van der Waals surface area contributed by atoms with Crippen LogP contribution in [0.1, 0.15) is 108 Å². The molecule has 3 rings (SSSR count). The first kappa shape index (κ1) is 31.7. The molecule has 3 aromatic rings. The Bertz CT molecular complexity index is 1120. The zero-order chi connectivity index (χ0) is 28.4. The number of hydrogen-bond donors (Lipinski definition) is 0. The fourth-order valence-corrected chi connectivity index (χ4v) is 5.24. The second-order valence-corrected chi connectivity index (χ2v) is 11.2. The van der Waals surface area contributed by atoms with Gasteiger partial charge < -0.3 is 9.64 Å². The van der Waals surface area contributed by atoms with Gasteiger partial charge in [-0.3, -0.25) is 9.78 Å². The summed E-state index contributed by atoms with van der Waals surface area (Å²) in [6.07, 6.45) is 20.4. The van der Waals surface area contributed by atoms with Crippen molar-refractivity contribution >= 4 is 23.2 Å². The van der Waals surface area contributed by atoms with Gasteiger partial charge in [0, 0.05) is 25.0 Å². The van der Waals surface area contributed by atoms with Crippen LogP contribution in [0.5, 0.6) is 5.75 Å². The number of carbonyl (C=O) groups is 1. The smallest absolute Gasteiger partial charge is 0.224 e. The first-order valence-electron chi connectivity index (χ1n) is 15.2. The number of halogens is 1. The molecule has 0 spiro atoms. The van der Waals surface area contributed by atoms with Crippen molar-refractivity contribution in [2.24, 2.45) is 0 Å². The molecule has 2 aromatic carbocycles. The SMILES string of the molecule is CCCCCCCCCCCCCCOc1ccc(CN(C(C)=O)c2ccc(Cc3cccnc3)cc2)cc1Cl. The number of amides is 1. The Hall–Kier alpha value is -2.85. The lowest BCUT2D eigenvalue weighted by Gasteiger charge is -2.22. The summed E-state index contributed by atoms with van der Waals surface area (Å²) >= 11 is 6.55. The largest absolute Gasteiger partial charge is 0.492 e. The molecule has 216 valence electrons. The van der Waals surface area contributed by atoms with E-state index in [1.165, 1.54) is 76.2 Å². The molecule has 0 unspecified atom stereocenters. The van der Waals surface area contributed by atoms with E-state index in [-0.39, 0.29) is 5.91 Å². The predicted molar refractivity (Wildman–Crippen MR) is 168 cm³/mol. The van der Waals surface area contributed by atoms with Crippen molar-refractivity contribution in [3.8, 4) is 5.75 Å². The summed E-state index contributed by atoms with van der Waals surface area (Å²) < 4.78 is 5.97. The Morgan fingerprint density at radius 2 is 1.43 bits per heavy atom. The molecule has 0 atom stereocenters. The monoisotopic (exact) mass is 562 g/mol. The maximum atomic E-state index is 12.5. The first-order valence-corrected chi connectivity index (χ1v) is 15.6. The van der Waals surface area contributed by atoms with Gasteiger partial charge in [-0.25, -0.2) is 0 Å². The van der Waals surface area contributed by atoms with Crippen molar-refractivity contribution in [3.63, 3.8) is 0 Å². The number of ether oxygens (including phenoxy) is 1. The Labute approximate surface area is 247 Å². The summed E-state index contributed by atoms with van der Waals surface area (Å²) in [5.74, 6) is 0.700. The van der Waals surface area contributed by atoms with E-state index < -0.39 is 0 Å². The highest BCUT2D eigenvalue weighted by molar-refractivity contribution is 6.32. The zero-order valence-corrected chi connectivity index (χ0v) is 25.3. The number of aromatic nitrogens is 1. The van der Waals surface area contributed by atoms with Crippen LogP contribution in [-0.4, -0.2) is 17.5 Å². The maximum absolute atomic E-state index is 12.5. The molecule has 0 N–H and O–H groups in total. The van der Waals surface area contributed by atoms with Gasteiger partial charge >= 0.3 is 0 Å². The third-order valence-electron chi connectivity index (χ3n) is 7.35. The second kappa shape index (κ2) is 18.5. The van der Waals surface area contributed by atoms with Gasteiger partial charge in [-0.15, -0.1) is 0 Å². The average molecular weight is 563 g/mol. The van der Waals surface area contributed by atoms with Crippen LogP contribution in [0.2, 0.25) is 5.02 Å². The minimum Gasteiger partial charge on any atom is -0.492 e. The van der Waals surface area contributed by atoms with E-state index in [9.17, 15) is 4.79 Å². The van der Waals surface area contributed by atoms with Gasteiger partial charge in [0.05, 0.1) is 18.2 Å². The minimum absolute atomic E-state index is 0.0107. The van der Waals surface area contributed by atoms with E-state index >= 15 is 0 Å². The number of unbranched alkanes of at least 4 members (excludes halogenated alkanes) is 11. The highest BCUT2D eigenvalue weighted by atomic mass is 35.5. The normalized spacial score (nSPS) is 11.0. The summed E-state index contributed by atoms with van der Waals surface area (Å²) in [5, 5.41) is 0.590. The number of carbonyl (C=O) groups excluding carboxylic acids is 1. The summed E-state index contributed by atoms with van der Waals surface area (Å²) in [6.45, 7) is 5.00. The molecule has 0 radical (unpaired) electrons. The lowest BCUT2D eigenvalue weighted by molar-refractivity contribution is -0.116. The van der Waals surface area contributed by atoms with Crippen LogP contribution in [0, 0.1) is 0 Å². The molecule has 40 heavy (non-hydrogen) atoms. The van der Waals surface area contributed by atoms with Crippen molar-refractivity contribution in [3.05, 3.63) is 88.7 Å². The van der Waals surface area contributed by atoms with E-state index in [0.717, 1.165) is 29.7 Å². The number of nitrogens with zero attached hydrogens (tertiary/aromatic N) is 2. The molecule has 0 aliphatic rings. The Balaban J connectivity index is 1.37. The van der Waals surface area contributed by atoms with E-state index in [4.69, 9.17) is 16.3 Å². The summed E-state index contributed by atoms with van der Waals surface area (Å²) in [5.41, 5.74) is 4.18. The van der Waals surface area contributed by atoms with Crippen molar-refractivity contribution < 1.29 is 9.53 Å².